The van der Waals surface area contributed by atoms with Crippen molar-refractivity contribution in [1.29, 1.82) is 5.41 Å². The van der Waals surface area contributed by atoms with Gasteiger partial charge in [0.2, 0.25) is 0 Å². The van der Waals surface area contributed by atoms with E-state index >= 15 is 0 Å². The average molecular weight is 431 g/mol. The van der Waals surface area contributed by atoms with Crippen molar-refractivity contribution in [2.45, 2.75) is 6.42 Å². The molecule has 3 aromatic rings. The van der Waals surface area contributed by atoms with Crippen LogP contribution in [0.25, 0.3) is 17.2 Å². The molecule has 0 aromatic heterocycles. The Balaban J connectivity index is 2.23. The summed E-state index contributed by atoms with van der Waals surface area (Å²) in [6.45, 7) is 0. The van der Waals surface area contributed by atoms with Gasteiger partial charge in [0.1, 0.15) is 0 Å². The number of nitrogens with one attached hydrogen (secondary N) is 1. The number of nitrogens with two attached hydrogens (primary N) is 1. The molecule has 0 aliphatic heterocycles. The Kier molecular flexibility index (Phi) is 7.41. The highest BCUT2D eigenvalue weighted by molar-refractivity contribution is 6.18. The molecule has 4 nitrogen and oxygen atoms in total. The lowest BCUT2D eigenvalue weighted by atomic mass is 9.87. The number of benzene rings is 3. The van der Waals surface area contributed by atoms with Crippen LogP contribution in [0.4, 0.5) is 5.69 Å². The van der Waals surface area contributed by atoms with Crippen LogP contribution in [-0.2, 0) is 4.79 Å². The molecule has 0 aliphatic carbocycles. The lowest BCUT2D eigenvalue weighted by Gasteiger charge is -2.18. The predicted molar refractivity (Wildman–Crippen MR) is 130 cm³/mol. The molecule has 3 aromatic carbocycles. The Hall–Kier alpha value is -3.63. The van der Waals surface area contributed by atoms with E-state index < -0.39 is 5.97 Å². The minimum absolute atomic E-state index is 0.458. The van der Waals surface area contributed by atoms with E-state index in [9.17, 15) is 4.79 Å². The first-order valence-electron chi connectivity index (χ1n) is 9.80. The maximum atomic E-state index is 10.8. The second kappa shape index (κ2) is 10.4. The number of allylic oxidation sites excluding steroid dienone is 1. The van der Waals surface area contributed by atoms with Crippen LogP contribution in [0.2, 0.25) is 0 Å². The molecule has 3 rings (SSSR count). The highest BCUT2D eigenvalue weighted by atomic mass is 35.5. The lowest BCUT2D eigenvalue weighted by molar-refractivity contribution is -0.131. The zero-order valence-electron chi connectivity index (χ0n) is 16.9. The maximum Gasteiger partial charge on any atom is 0.328 e. The van der Waals surface area contributed by atoms with Crippen LogP contribution < -0.4 is 5.73 Å². The number of halogens is 1. The van der Waals surface area contributed by atoms with Crippen LogP contribution in [0.3, 0.4) is 0 Å². The number of carbonyl (C=O) groups is 1. The summed E-state index contributed by atoms with van der Waals surface area (Å²) in [7, 11) is 0. The molecule has 0 heterocycles. The molecule has 0 atom stereocenters. The number of aliphatic carboxylic acids is 1. The van der Waals surface area contributed by atoms with E-state index in [4.69, 9.17) is 27.9 Å². The Morgan fingerprint density at radius 3 is 2.26 bits per heavy atom. The fraction of sp³-hybridized carbons (Fsp3) is 0.0769. The maximum absolute atomic E-state index is 10.8. The largest absolute Gasteiger partial charge is 0.478 e. The molecule has 0 saturated carbocycles. The van der Waals surface area contributed by atoms with Gasteiger partial charge in [-0.05, 0) is 58.0 Å². The molecule has 4 N–H and O–H groups in total. The number of carboxylic acids is 1. The number of alkyl halides is 1. The van der Waals surface area contributed by atoms with Crippen molar-refractivity contribution in [3.63, 3.8) is 0 Å². The van der Waals surface area contributed by atoms with Gasteiger partial charge in [-0.15, -0.1) is 11.6 Å². The van der Waals surface area contributed by atoms with E-state index in [0.29, 0.717) is 23.6 Å². The standard InChI is InChI=1S/C26H23ClN2O2/c27-15-14-23(19-4-2-1-3-5-19)26(21-11-12-24(29)22(16-21)17-28)20-9-6-18(7-10-20)8-13-25(30)31/h1-13,16-17,28H,14-15,29H2,(H,30,31)/b13-8+,26-23+,28-17?. The first-order chi connectivity index (χ1) is 15.0. The summed E-state index contributed by atoms with van der Waals surface area (Å²) in [6, 6.07) is 23.4. The van der Waals surface area contributed by atoms with Gasteiger partial charge in [0.25, 0.3) is 0 Å². The van der Waals surface area contributed by atoms with Crippen LogP contribution in [-0.4, -0.2) is 23.2 Å². The summed E-state index contributed by atoms with van der Waals surface area (Å²) in [6.07, 6.45) is 4.58. The molecule has 0 amide bonds. The highest BCUT2D eigenvalue weighted by Crippen LogP contribution is 2.35. The molecule has 0 aliphatic rings. The first kappa shape index (κ1) is 22.1. The third kappa shape index (κ3) is 5.50. The normalized spacial score (nSPS) is 11.9. The van der Waals surface area contributed by atoms with Gasteiger partial charge in [0.05, 0.1) is 0 Å². The Labute approximate surface area is 186 Å². The van der Waals surface area contributed by atoms with Gasteiger partial charge in [0.15, 0.2) is 0 Å². The van der Waals surface area contributed by atoms with Crippen LogP contribution in [0.5, 0.6) is 0 Å². The van der Waals surface area contributed by atoms with Gasteiger partial charge < -0.3 is 16.2 Å². The van der Waals surface area contributed by atoms with E-state index in [1.807, 2.05) is 60.7 Å². The number of hydrogen-bond acceptors (Lipinski definition) is 3. The smallest absolute Gasteiger partial charge is 0.328 e. The van der Waals surface area contributed by atoms with Gasteiger partial charge in [-0.25, -0.2) is 4.79 Å². The highest BCUT2D eigenvalue weighted by Gasteiger charge is 2.15. The van der Waals surface area contributed by atoms with Crippen molar-refractivity contribution >= 4 is 46.7 Å². The Morgan fingerprint density at radius 2 is 1.65 bits per heavy atom. The van der Waals surface area contributed by atoms with E-state index in [1.54, 1.807) is 6.08 Å². The second-order valence-corrected chi connectivity index (χ2v) is 7.32. The zero-order valence-corrected chi connectivity index (χ0v) is 17.6. The predicted octanol–water partition coefficient (Wildman–Crippen LogP) is 5.95. The monoisotopic (exact) mass is 430 g/mol. The van der Waals surface area contributed by atoms with Crippen molar-refractivity contribution in [2.24, 2.45) is 0 Å². The van der Waals surface area contributed by atoms with Crippen molar-refractivity contribution in [1.82, 2.24) is 0 Å². The number of hydrogen-bond donors (Lipinski definition) is 3. The zero-order chi connectivity index (χ0) is 22.2. The topological polar surface area (TPSA) is 87.2 Å². The molecular formula is C26H23ClN2O2. The average Bonchev–Trinajstić information content (AvgIpc) is 2.79. The summed E-state index contributed by atoms with van der Waals surface area (Å²) in [5.41, 5.74) is 13.1. The van der Waals surface area contributed by atoms with Crippen molar-refractivity contribution < 1.29 is 9.90 Å². The third-order valence-electron chi connectivity index (χ3n) is 4.92. The van der Waals surface area contributed by atoms with E-state index in [0.717, 1.165) is 39.5 Å². The minimum Gasteiger partial charge on any atom is -0.478 e. The number of nitrogen functional groups attached to an aromatic ring is 1. The Bertz CT molecular complexity index is 1130. The van der Waals surface area contributed by atoms with Gasteiger partial charge in [-0.1, -0.05) is 60.7 Å². The van der Waals surface area contributed by atoms with Crippen molar-refractivity contribution in [2.75, 3.05) is 11.6 Å². The van der Waals surface area contributed by atoms with Gasteiger partial charge >= 0.3 is 5.97 Å². The summed E-state index contributed by atoms with van der Waals surface area (Å²) in [4.78, 5) is 10.8. The molecule has 0 unspecified atom stereocenters. The summed E-state index contributed by atoms with van der Waals surface area (Å²) in [5, 5.41) is 16.6. The van der Waals surface area contributed by atoms with Gasteiger partial charge in [-0.3, -0.25) is 0 Å². The Morgan fingerprint density at radius 1 is 0.968 bits per heavy atom. The quantitative estimate of drug-likeness (QED) is 0.135. The first-order valence-corrected chi connectivity index (χ1v) is 10.3. The van der Waals surface area contributed by atoms with Crippen LogP contribution in [0.1, 0.15) is 34.2 Å². The fourth-order valence-electron chi connectivity index (χ4n) is 3.45. The SMILES string of the molecule is N=Cc1cc(/C(=C(\CCCl)c2ccccc2)c2ccc(/C=C/C(=O)O)cc2)ccc1N. The molecule has 0 bridgehead atoms. The van der Waals surface area contributed by atoms with Crippen LogP contribution in [0.15, 0.2) is 78.9 Å². The molecular weight excluding hydrogens is 408 g/mol. The number of anilines is 1. The summed E-state index contributed by atoms with van der Waals surface area (Å²) >= 11 is 6.19. The molecule has 156 valence electrons. The molecule has 31 heavy (non-hydrogen) atoms. The summed E-state index contributed by atoms with van der Waals surface area (Å²) in [5.74, 6) is -0.529. The molecule has 5 heteroatoms. The van der Waals surface area contributed by atoms with E-state index in [2.05, 4.69) is 12.1 Å². The molecule has 0 fully saturated rings. The van der Waals surface area contributed by atoms with Crippen molar-refractivity contribution in [3.05, 3.63) is 107 Å². The van der Waals surface area contributed by atoms with Gasteiger partial charge in [0, 0.05) is 29.4 Å². The molecule has 0 spiro atoms. The lowest BCUT2D eigenvalue weighted by Crippen LogP contribution is -1.99. The van der Waals surface area contributed by atoms with Crippen LogP contribution in [0, 0.1) is 5.41 Å². The van der Waals surface area contributed by atoms with E-state index in [-0.39, 0.29) is 0 Å². The molecule has 0 saturated heterocycles. The number of carboxylic acid groups (broad SMARTS) is 1. The van der Waals surface area contributed by atoms with Crippen LogP contribution >= 0.6 is 11.6 Å². The second-order valence-electron chi connectivity index (χ2n) is 6.94. The number of rotatable bonds is 8. The fourth-order valence-corrected chi connectivity index (χ4v) is 3.64. The summed E-state index contributed by atoms with van der Waals surface area (Å²) < 4.78 is 0. The van der Waals surface area contributed by atoms with Gasteiger partial charge in [-0.2, -0.15) is 0 Å². The minimum atomic E-state index is -0.987. The van der Waals surface area contributed by atoms with E-state index in [1.165, 1.54) is 6.21 Å². The molecule has 0 radical (unpaired) electrons. The van der Waals surface area contributed by atoms with Crippen molar-refractivity contribution in [3.8, 4) is 0 Å². The third-order valence-corrected chi connectivity index (χ3v) is 5.11.